The summed E-state index contributed by atoms with van der Waals surface area (Å²) >= 11 is 0. The molecule has 0 aliphatic heterocycles. The Kier molecular flexibility index (Phi) is 2.24. The van der Waals surface area contributed by atoms with Crippen LogP contribution in [0.1, 0.15) is 25.7 Å². The Bertz CT molecular complexity index is 786. The molecule has 1 heteroatoms. The van der Waals surface area contributed by atoms with Crippen LogP contribution in [0.5, 0.6) is 5.75 Å². The van der Waals surface area contributed by atoms with E-state index in [0.29, 0.717) is 0 Å². The van der Waals surface area contributed by atoms with Crippen LogP contribution in [0.15, 0.2) is 30.3 Å². The number of hydrogen-bond donors (Lipinski definition) is 0. The quantitative estimate of drug-likeness (QED) is 0.741. The first kappa shape index (κ1) is 14.1. The predicted octanol–water partition coefficient (Wildman–Crippen LogP) is 4.98. The largest absolute Gasteiger partial charge is 0.493 e. The minimum atomic E-state index is 0.892. The molecule has 1 nitrogen and oxygen atoms in total. The van der Waals surface area contributed by atoms with Crippen LogP contribution in [0.3, 0.4) is 0 Å². The third kappa shape index (κ3) is 1.27. The van der Waals surface area contributed by atoms with Gasteiger partial charge >= 0.3 is 0 Å². The molecule has 27 heavy (non-hydrogen) atoms. The molecule has 15 atom stereocenters. The van der Waals surface area contributed by atoms with Gasteiger partial charge in [0, 0.05) is 0 Å². The highest BCUT2D eigenvalue weighted by molar-refractivity contribution is 5.32. The number of hydrogen-bond acceptors (Lipinski definition) is 1. The maximum Gasteiger partial charge on any atom is 0.119 e. The van der Waals surface area contributed by atoms with E-state index in [1.807, 2.05) is 0 Å². The van der Waals surface area contributed by atoms with E-state index in [9.17, 15) is 0 Å². The van der Waals surface area contributed by atoms with Crippen molar-refractivity contribution in [1.29, 1.82) is 0 Å². The van der Waals surface area contributed by atoms with E-state index in [2.05, 4.69) is 30.3 Å². The van der Waals surface area contributed by atoms with Gasteiger partial charge in [-0.15, -0.1) is 0 Å². The first-order valence-electron chi connectivity index (χ1n) is 12.1. The molecule has 1 aromatic carbocycles. The molecule has 0 aromatic heterocycles. The molecule has 8 saturated carbocycles. The normalized spacial score (nSPS) is 66.4. The van der Waals surface area contributed by atoms with E-state index in [0.717, 1.165) is 53.8 Å². The molecule has 0 saturated heterocycles. The maximum atomic E-state index is 6.50. The number of benzene rings is 1. The first-order valence-corrected chi connectivity index (χ1v) is 12.1. The van der Waals surface area contributed by atoms with Crippen molar-refractivity contribution in [1.82, 2.24) is 0 Å². The maximum absolute atomic E-state index is 6.50. The zero-order chi connectivity index (χ0) is 17.0. The molecule has 3 unspecified atom stereocenters. The zero-order valence-corrected chi connectivity index (χ0v) is 16.0. The Hall–Kier alpha value is -0.980. The topological polar surface area (TPSA) is 9.23 Å². The number of ether oxygens (including phenoxy) is 1. The van der Waals surface area contributed by atoms with Gasteiger partial charge in [-0.05, 0) is 127 Å². The Morgan fingerprint density at radius 3 is 1.52 bits per heavy atom. The highest BCUT2D eigenvalue weighted by atomic mass is 16.5. The lowest BCUT2D eigenvalue weighted by molar-refractivity contribution is 0.0996. The highest BCUT2D eigenvalue weighted by Gasteiger charge is 2.85. The van der Waals surface area contributed by atoms with E-state index in [1.165, 1.54) is 47.3 Å². The molecule has 0 amide bonds. The lowest BCUT2D eigenvalue weighted by atomic mass is 9.72. The second kappa shape index (κ2) is 4.29. The van der Waals surface area contributed by atoms with E-state index in [4.69, 9.17) is 4.74 Å². The van der Waals surface area contributed by atoms with E-state index in [-0.39, 0.29) is 0 Å². The Balaban J connectivity index is 1.18. The van der Waals surface area contributed by atoms with Crippen LogP contribution in [0.4, 0.5) is 0 Å². The second-order valence-electron chi connectivity index (χ2n) is 11.9. The number of rotatable bonds is 3. The summed E-state index contributed by atoms with van der Waals surface area (Å²) in [6.45, 7) is 1.03. The summed E-state index contributed by atoms with van der Waals surface area (Å²) in [4.78, 5) is 0. The molecule has 0 heterocycles. The van der Waals surface area contributed by atoms with Crippen molar-refractivity contribution in [2.75, 3.05) is 6.61 Å². The van der Waals surface area contributed by atoms with Crippen molar-refractivity contribution in [3.8, 4) is 5.75 Å². The van der Waals surface area contributed by atoms with Gasteiger partial charge in [0.2, 0.25) is 0 Å². The molecule has 8 aliphatic carbocycles. The van der Waals surface area contributed by atoms with Crippen LogP contribution in [-0.4, -0.2) is 6.61 Å². The molecule has 0 spiro atoms. The van der Waals surface area contributed by atoms with E-state index < -0.39 is 0 Å². The van der Waals surface area contributed by atoms with Crippen molar-refractivity contribution in [3.63, 3.8) is 0 Å². The fraction of sp³-hybridized carbons (Fsp3) is 0.769. The minimum Gasteiger partial charge on any atom is -0.493 e. The van der Waals surface area contributed by atoms with Gasteiger partial charge in [-0.25, -0.2) is 0 Å². The molecule has 1 aromatic rings. The minimum absolute atomic E-state index is 0.892. The van der Waals surface area contributed by atoms with Gasteiger partial charge in [0.15, 0.2) is 0 Å². The van der Waals surface area contributed by atoms with Crippen LogP contribution in [0.2, 0.25) is 0 Å². The second-order valence-corrected chi connectivity index (χ2v) is 11.9. The first-order chi connectivity index (χ1) is 13.4. The molecule has 0 radical (unpaired) electrons. The summed E-state index contributed by atoms with van der Waals surface area (Å²) in [5.41, 5.74) is 0. The van der Waals surface area contributed by atoms with Gasteiger partial charge in [0.1, 0.15) is 5.75 Å². The third-order valence-corrected chi connectivity index (χ3v) is 12.2. The van der Waals surface area contributed by atoms with Crippen molar-refractivity contribution in [2.24, 2.45) is 88.8 Å². The van der Waals surface area contributed by atoms with Crippen LogP contribution in [-0.2, 0) is 0 Å². The van der Waals surface area contributed by atoms with Gasteiger partial charge < -0.3 is 4.74 Å². The zero-order valence-electron chi connectivity index (χ0n) is 16.0. The summed E-state index contributed by atoms with van der Waals surface area (Å²) in [5.74, 6) is 18.0. The lowest BCUT2D eigenvalue weighted by Gasteiger charge is -2.34. The lowest BCUT2D eigenvalue weighted by Crippen LogP contribution is -2.32. The number of fused-ring (bicyclic) bond motifs is 4. The van der Waals surface area contributed by atoms with Gasteiger partial charge in [-0.3, -0.25) is 0 Å². The van der Waals surface area contributed by atoms with E-state index >= 15 is 0 Å². The van der Waals surface area contributed by atoms with Gasteiger partial charge in [-0.1, -0.05) is 18.2 Å². The molecule has 8 aliphatic rings. The SMILES string of the molecule is c1ccc(OCC2[C@@H]3[C@@H]4CC[C@H]5C6C7[C@H]([C@@H]3[C@@H]3[C@H]2[C@@H]2CC[C@H]6[C@@H]2[C@@H]73)[C@@H]45)cc1. The van der Waals surface area contributed by atoms with Crippen molar-refractivity contribution < 1.29 is 4.74 Å². The molecule has 0 N–H and O–H groups in total. The molecule has 140 valence electrons. The average Bonchev–Trinajstić information content (AvgIpc) is 3.44. The monoisotopic (exact) mass is 358 g/mol. The van der Waals surface area contributed by atoms with Crippen molar-refractivity contribution in [2.45, 2.75) is 25.7 Å². The Morgan fingerprint density at radius 2 is 1.00 bits per heavy atom. The van der Waals surface area contributed by atoms with Gasteiger partial charge in [0.05, 0.1) is 6.61 Å². The molecule has 8 fully saturated rings. The summed E-state index contributed by atoms with van der Waals surface area (Å²) in [5, 5.41) is 0. The smallest absolute Gasteiger partial charge is 0.119 e. The molecule has 9 rings (SSSR count). The van der Waals surface area contributed by atoms with Crippen molar-refractivity contribution >= 4 is 0 Å². The summed E-state index contributed by atoms with van der Waals surface area (Å²) in [7, 11) is 0. The Morgan fingerprint density at radius 1 is 0.556 bits per heavy atom. The number of para-hydroxylation sites is 1. The van der Waals surface area contributed by atoms with Crippen LogP contribution in [0, 0.1) is 88.8 Å². The van der Waals surface area contributed by atoms with Gasteiger partial charge in [-0.2, -0.15) is 0 Å². The Labute approximate surface area is 162 Å². The molecule has 0 bridgehead atoms. The molecular weight excluding hydrogens is 328 g/mol. The average molecular weight is 359 g/mol. The summed E-state index contributed by atoms with van der Waals surface area (Å²) in [6.07, 6.45) is 6.39. The fourth-order valence-electron chi connectivity index (χ4n) is 12.8. The fourth-order valence-corrected chi connectivity index (χ4v) is 12.8. The summed E-state index contributed by atoms with van der Waals surface area (Å²) in [6, 6.07) is 10.7. The van der Waals surface area contributed by atoms with Crippen molar-refractivity contribution in [3.05, 3.63) is 30.3 Å². The molecular formula is C26H30O. The summed E-state index contributed by atoms with van der Waals surface area (Å²) < 4.78 is 6.50. The van der Waals surface area contributed by atoms with Crippen LogP contribution >= 0.6 is 0 Å². The standard InChI is InChI=1S/C26H30O/c1-2-4-11(5-3-1)27-10-16-20-14-8-6-12-17-13-7-9-15-19(13)24-22(17)23(18(12)14)25(20)26(24)21(15)16/h1-5,12-26H,6-10H2/t12-,13+,14-,15-,16?,17?,18+,19-,20+,21+,22?,23+,24-,25-,26-/m1/s1. The van der Waals surface area contributed by atoms with Crippen LogP contribution in [0.25, 0.3) is 0 Å². The van der Waals surface area contributed by atoms with Gasteiger partial charge in [0.25, 0.3) is 0 Å². The highest BCUT2D eigenvalue weighted by Crippen LogP contribution is 2.88. The van der Waals surface area contributed by atoms with Crippen LogP contribution < -0.4 is 4.74 Å². The third-order valence-electron chi connectivity index (χ3n) is 12.2. The predicted molar refractivity (Wildman–Crippen MR) is 103 cm³/mol. The van der Waals surface area contributed by atoms with E-state index in [1.54, 1.807) is 25.7 Å².